The lowest BCUT2D eigenvalue weighted by Gasteiger charge is -2.31. The molecule has 1 saturated carbocycles. The third-order valence-electron chi connectivity index (χ3n) is 6.62. The van der Waals surface area contributed by atoms with E-state index in [9.17, 15) is 8.42 Å². The number of rotatable bonds is 16. The summed E-state index contributed by atoms with van der Waals surface area (Å²) < 4.78 is 35.5. The number of methoxy groups -OCH3 is 1. The Morgan fingerprint density at radius 2 is 1.65 bits per heavy atom. The SMILES string of the molecule is CCCCCCCCCCCCSN(C1CCCCC1)S(=O)(=O)c1nc2cc(OC)ccc2s1. The first-order valence-electron chi connectivity index (χ1n) is 13.2. The zero-order chi connectivity index (χ0) is 24.2. The van der Waals surface area contributed by atoms with Crippen LogP contribution in [0.25, 0.3) is 10.2 Å². The molecule has 192 valence electrons. The highest BCUT2D eigenvalue weighted by molar-refractivity contribution is 8.09. The van der Waals surface area contributed by atoms with Crippen molar-refractivity contribution < 1.29 is 13.2 Å². The van der Waals surface area contributed by atoms with Crippen molar-refractivity contribution in [2.75, 3.05) is 12.9 Å². The quantitative estimate of drug-likeness (QED) is 0.163. The Morgan fingerprint density at radius 3 is 2.29 bits per heavy atom. The van der Waals surface area contributed by atoms with Crippen molar-refractivity contribution >= 4 is 43.5 Å². The first kappa shape index (κ1) is 27.8. The van der Waals surface area contributed by atoms with Gasteiger partial charge in [-0.3, -0.25) is 0 Å². The standard InChI is InChI=1S/C26H42N2O3S3/c1-3-4-5-6-7-8-9-10-11-15-20-32-28(22-16-13-12-14-17-22)34(29,30)26-27-24-21-23(31-2)18-19-25(24)33-26/h18-19,21-22H,3-17,20H2,1-2H3. The van der Waals surface area contributed by atoms with E-state index < -0.39 is 10.0 Å². The van der Waals surface area contributed by atoms with E-state index in [0.717, 1.165) is 42.6 Å². The average molecular weight is 527 g/mol. The number of benzene rings is 1. The van der Waals surface area contributed by atoms with Crippen molar-refractivity contribution in [3.63, 3.8) is 0 Å². The van der Waals surface area contributed by atoms with Gasteiger partial charge in [-0.1, -0.05) is 95.9 Å². The second-order valence-electron chi connectivity index (χ2n) is 9.38. The molecule has 0 unspecified atom stereocenters. The minimum Gasteiger partial charge on any atom is -0.497 e. The molecule has 1 aromatic carbocycles. The number of hydrogen-bond acceptors (Lipinski definition) is 6. The maximum atomic E-state index is 13.7. The normalized spacial score (nSPS) is 15.4. The van der Waals surface area contributed by atoms with Gasteiger partial charge in [-0.2, -0.15) is 0 Å². The van der Waals surface area contributed by atoms with Crippen LogP contribution in [0.3, 0.4) is 0 Å². The molecule has 1 heterocycles. The van der Waals surface area contributed by atoms with Crippen molar-refractivity contribution in [1.82, 2.24) is 8.69 Å². The molecule has 0 bridgehead atoms. The maximum absolute atomic E-state index is 13.7. The molecule has 0 amide bonds. The molecular weight excluding hydrogens is 484 g/mol. The molecule has 5 nitrogen and oxygen atoms in total. The van der Waals surface area contributed by atoms with Crippen LogP contribution in [0.1, 0.15) is 103 Å². The van der Waals surface area contributed by atoms with Crippen LogP contribution < -0.4 is 4.74 Å². The highest BCUT2D eigenvalue weighted by atomic mass is 32.3. The Balaban J connectivity index is 1.55. The van der Waals surface area contributed by atoms with Crippen molar-refractivity contribution in [1.29, 1.82) is 0 Å². The molecule has 0 aliphatic heterocycles. The molecular formula is C26H42N2O3S3. The van der Waals surface area contributed by atoms with E-state index >= 15 is 0 Å². The molecule has 3 rings (SSSR count). The summed E-state index contributed by atoms with van der Waals surface area (Å²) in [6.45, 7) is 2.26. The lowest BCUT2D eigenvalue weighted by molar-refractivity contribution is 0.345. The van der Waals surface area contributed by atoms with Crippen molar-refractivity contribution in [3.05, 3.63) is 18.2 Å². The van der Waals surface area contributed by atoms with Crippen LogP contribution in [0.5, 0.6) is 5.75 Å². The molecule has 0 N–H and O–H groups in total. The summed E-state index contributed by atoms with van der Waals surface area (Å²) in [5.41, 5.74) is 0.686. The summed E-state index contributed by atoms with van der Waals surface area (Å²) in [6.07, 6.45) is 18.2. The van der Waals surface area contributed by atoms with Crippen molar-refractivity contribution in [2.24, 2.45) is 0 Å². The third kappa shape index (κ3) is 8.10. The Hall–Kier alpha value is -0.830. The van der Waals surface area contributed by atoms with E-state index in [0.29, 0.717) is 11.3 Å². The lowest BCUT2D eigenvalue weighted by atomic mass is 9.96. The number of hydrogen-bond donors (Lipinski definition) is 0. The fourth-order valence-electron chi connectivity index (χ4n) is 4.61. The topological polar surface area (TPSA) is 59.5 Å². The van der Waals surface area contributed by atoms with Gasteiger partial charge in [0.15, 0.2) is 0 Å². The van der Waals surface area contributed by atoms with Gasteiger partial charge >= 0.3 is 0 Å². The smallest absolute Gasteiger partial charge is 0.279 e. The molecule has 1 aromatic heterocycles. The van der Waals surface area contributed by atoms with Gasteiger partial charge in [-0.05, 0) is 31.4 Å². The van der Waals surface area contributed by atoms with Crippen LogP contribution in [0.2, 0.25) is 0 Å². The number of unbranched alkanes of at least 4 members (excludes halogenated alkanes) is 9. The summed E-state index contributed by atoms with van der Waals surface area (Å²) in [7, 11) is -2.02. The molecule has 0 atom stereocenters. The second-order valence-corrected chi connectivity index (χ2v) is 13.7. The Kier molecular flexibility index (Phi) is 12.0. The number of sulfonamides is 1. The highest BCUT2D eigenvalue weighted by Gasteiger charge is 2.35. The van der Waals surface area contributed by atoms with Gasteiger partial charge in [0.2, 0.25) is 4.34 Å². The minimum absolute atomic E-state index is 0.0772. The largest absolute Gasteiger partial charge is 0.497 e. The van der Waals surface area contributed by atoms with Gasteiger partial charge in [0.05, 0.1) is 17.3 Å². The average Bonchev–Trinajstić information content (AvgIpc) is 3.29. The first-order chi connectivity index (χ1) is 16.6. The molecule has 2 aromatic rings. The Bertz CT molecular complexity index is 955. The first-order valence-corrected chi connectivity index (χ1v) is 16.4. The lowest BCUT2D eigenvalue weighted by Crippen LogP contribution is -2.36. The van der Waals surface area contributed by atoms with E-state index in [4.69, 9.17) is 4.74 Å². The van der Waals surface area contributed by atoms with Gasteiger partial charge < -0.3 is 4.74 Å². The fourth-order valence-corrected chi connectivity index (χ4v) is 9.25. The number of ether oxygens (including phenoxy) is 1. The summed E-state index contributed by atoms with van der Waals surface area (Å²) in [4.78, 5) is 4.51. The second kappa shape index (κ2) is 14.7. The van der Waals surface area contributed by atoms with Crippen molar-refractivity contribution in [2.45, 2.75) is 114 Å². The van der Waals surface area contributed by atoms with E-state index in [2.05, 4.69) is 11.9 Å². The summed E-state index contributed by atoms with van der Waals surface area (Å²) in [6, 6.07) is 5.64. The summed E-state index contributed by atoms with van der Waals surface area (Å²) in [5, 5.41) is 0. The van der Waals surface area contributed by atoms with Crippen LogP contribution in [-0.4, -0.2) is 36.0 Å². The number of thiazole rings is 1. The summed E-state index contributed by atoms with van der Waals surface area (Å²) >= 11 is 2.78. The molecule has 1 aliphatic carbocycles. The number of fused-ring (bicyclic) bond motifs is 1. The van der Waals surface area contributed by atoms with Gasteiger partial charge in [0.25, 0.3) is 10.0 Å². The van der Waals surface area contributed by atoms with Gasteiger partial charge in [-0.25, -0.2) is 13.4 Å². The molecule has 1 aliphatic rings. The van der Waals surface area contributed by atoms with Crippen LogP contribution in [0, 0.1) is 0 Å². The summed E-state index contributed by atoms with van der Waals surface area (Å²) in [5.74, 6) is 1.55. The van der Waals surface area contributed by atoms with Gasteiger partial charge in [-0.15, -0.1) is 15.0 Å². The fraction of sp³-hybridized carbons (Fsp3) is 0.731. The van der Waals surface area contributed by atoms with Crippen LogP contribution in [0.4, 0.5) is 0 Å². The van der Waals surface area contributed by atoms with E-state index in [-0.39, 0.29) is 10.4 Å². The predicted molar refractivity (Wildman–Crippen MR) is 146 cm³/mol. The predicted octanol–water partition coefficient (Wildman–Crippen LogP) is 8.20. The molecule has 0 spiro atoms. The zero-order valence-corrected chi connectivity index (χ0v) is 23.4. The Labute approximate surface area is 215 Å². The molecule has 0 radical (unpaired) electrons. The molecule has 34 heavy (non-hydrogen) atoms. The maximum Gasteiger partial charge on any atom is 0.279 e. The van der Waals surface area contributed by atoms with Crippen LogP contribution >= 0.6 is 23.3 Å². The monoisotopic (exact) mass is 526 g/mol. The third-order valence-corrected chi connectivity index (χ3v) is 11.6. The van der Waals surface area contributed by atoms with E-state index in [1.165, 1.54) is 87.5 Å². The molecule has 1 fully saturated rings. The zero-order valence-electron chi connectivity index (χ0n) is 21.0. The minimum atomic E-state index is -3.63. The molecule has 8 heteroatoms. The van der Waals surface area contributed by atoms with E-state index in [1.807, 2.05) is 18.2 Å². The van der Waals surface area contributed by atoms with Crippen LogP contribution in [-0.2, 0) is 10.0 Å². The molecule has 0 saturated heterocycles. The number of nitrogens with zero attached hydrogens (tertiary/aromatic N) is 2. The van der Waals surface area contributed by atoms with Crippen LogP contribution in [0.15, 0.2) is 22.5 Å². The van der Waals surface area contributed by atoms with Gasteiger partial charge in [0, 0.05) is 17.9 Å². The highest BCUT2D eigenvalue weighted by Crippen LogP contribution is 2.37. The van der Waals surface area contributed by atoms with Gasteiger partial charge in [0.1, 0.15) is 5.75 Å². The van der Waals surface area contributed by atoms with Crippen molar-refractivity contribution in [3.8, 4) is 5.75 Å². The van der Waals surface area contributed by atoms with E-state index in [1.54, 1.807) is 10.8 Å². The number of aromatic nitrogens is 1. The Morgan fingerprint density at radius 1 is 1.00 bits per heavy atom.